The van der Waals surface area contributed by atoms with Gasteiger partial charge >= 0.3 is 6.61 Å². The SMILES string of the molecule is CC1CCN([C@@H](CNC(=O)c2cccc(OC(F)F)c2)c2cccs2)CC1. The minimum Gasteiger partial charge on any atom is -0.435 e. The van der Waals surface area contributed by atoms with Crippen LogP contribution < -0.4 is 10.1 Å². The van der Waals surface area contributed by atoms with E-state index in [2.05, 4.69) is 27.9 Å². The molecule has 0 bridgehead atoms. The highest BCUT2D eigenvalue weighted by Gasteiger charge is 2.26. The fraction of sp³-hybridized carbons (Fsp3) is 0.450. The highest BCUT2D eigenvalue weighted by atomic mass is 32.1. The molecular formula is C20H24F2N2O2S. The molecule has 4 nitrogen and oxygen atoms in total. The molecule has 0 radical (unpaired) electrons. The Morgan fingerprint density at radius 1 is 1.30 bits per heavy atom. The number of halogens is 2. The first kappa shape index (κ1) is 19.8. The standard InChI is InChI=1S/C20H24F2N2O2S/c1-14-7-9-24(10-8-14)17(18-6-3-11-27-18)13-23-19(25)15-4-2-5-16(12-15)26-20(21)22/h2-6,11-12,14,17,20H,7-10,13H2,1H3,(H,23,25)/t17-/m0/s1. The van der Waals surface area contributed by atoms with E-state index in [1.165, 1.54) is 23.1 Å². The van der Waals surface area contributed by atoms with Gasteiger partial charge in [-0.25, -0.2) is 0 Å². The van der Waals surface area contributed by atoms with Gasteiger partial charge in [-0.2, -0.15) is 8.78 Å². The van der Waals surface area contributed by atoms with Crippen LogP contribution in [0, 0.1) is 5.92 Å². The predicted octanol–water partition coefficient (Wildman–Crippen LogP) is 4.55. The number of thiophene rings is 1. The Labute approximate surface area is 162 Å². The molecule has 1 aliphatic rings. The maximum absolute atomic E-state index is 12.5. The molecule has 2 heterocycles. The van der Waals surface area contributed by atoms with Crippen molar-refractivity contribution in [3.05, 3.63) is 52.2 Å². The van der Waals surface area contributed by atoms with E-state index < -0.39 is 6.61 Å². The van der Waals surface area contributed by atoms with E-state index in [1.54, 1.807) is 17.4 Å². The lowest BCUT2D eigenvalue weighted by atomic mass is 9.97. The molecule has 1 saturated heterocycles. The number of likely N-dealkylation sites (tertiary alicyclic amines) is 1. The topological polar surface area (TPSA) is 41.6 Å². The molecule has 0 spiro atoms. The second-order valence-electron chi connectivity index (χ2n) is 6.87. The van der Waals surface area contributed by atoms with Gasteiger partial charge in [0.1, 0.15) is 5.75 Å². The van der Waals surface area contributed by atoms with Crippen LogP contribution in [-0.4, -0.2) is 37.1 Å². The highest BCUT2D eigenvalue weighted by Crippen LogP contribution is 2.29. The second-order valence-corrected chi connectivity index (χ2v) is 7.85. The smallest absolute Gasteiger partial charge is 0.387 e. The molecule has 7 heteroatoms. The van der Waals surface area contributed by atoms with Gasteiger partial charge in [0, 0.05) is 17.0 Å². The van der Waals surface area contributed by atoms with E-state index in [0.29, 0.717) is 12.1 Å². The Hall–Kier alpha value is -1.99. The molecule has 3 rings (SSSR count). The first-order valence-corrected chi connectivity index (χ1v) is 10.0. The predicted molar refractivity (Wildman–Crippen MR) is 102 cm³/mol. The number of alkyl halides is 2. The molecule has 1 aromatic heterocycles. The Balaban J connectivity index is 1.65. The summed E-state index contributed by atoms with van der Waals surface area (Å²) in [6, 6.07) is 10.1. The molecule has 1 aromatic carbocycles. The van der Waals surface area contributed by atoms with E-state index >= 15 is 0 Å². The van der Waals surface area contributed by atoms with Crippen molar-refractivity contribution in [3.63, 3.8) is 0 Å². The second kappa shape index (κ2) is 9.28. The summed E-state index contributed by atoms with van der Waals surface area (Å²) in [5, 5.41) is 5.00. The van der Waals surface area contributed by atoms with Crippen LogP contribution in [0.15, 0.2) is 41.8 Å². The van der Waals surface area contributed by atoms with E-state index in [0.717, 1.165) is 31.8 Å². The minimum atomic E-state index is -2.91. The lowest BCUT2D eigenvalue weighted by Crippen LogP contribution is -2.41. The van der Waals surface area contributed by atoms with E-state index in [-0.39, 0.29) is 17.7 Å². The van der Waals surface area contributed by atoms with E-state index in [1.807, 2.05) is 11.4 Å². The first-order chi connectivity index (χ1) is 13.0. The number of ether oxygens (including phenoxy) is 1. The van der Waals surface area contributed by atoms with Crippen LogP contribution in [0.1, 0.15) is 41.0 Å². The third kappa shape index (κ3) is 5.49. The number of hydrogen-bond donors (Lipinski definition) is 1. The van der Waals surface area contributed by atoms with Crippen molar-refractivity contribution in [1.29, 1.82) is 0 Å². The lowest BCUT2D eigenvalue weighted by molar-refractivity contribution is -0.0498. The number of piperidine rings is 1. The molecule has 2 aromatic rings. The Morgan fingerprint density at radius 2 is 2.07 bits per heavy atom. The number of benzene rings is 1. The number of hydrogen-bond acceptors (Lipinski definition) is 4. The number of amides is 1. The first-order valence-electron chi connectivity index (χ1n) is 9.13. The molecular weight excluding hydrogens is 370 g/mol. The van der Waals surface area contributed by atoms with Crippen molar-refractivity contribution in [2.24, 2.45) is 5.92 Å². The Bertz CT molecular complexity index is 731. The fourth-order valence-corrected chi connectivity index (χ4v) is 4.20. The molecule has 0 aliphatic carbocycles. The quantitative estimate of drug-likeness (QED) is 0.749. The van der Waals surface area contributed by atoms with Crippen molar-refractivity contribution in [3.8, 4) is 5.75 Å². The van der Waals surface area contributed by atoms with Gasteiger partial charge in [0.25, 0.3) is 5.91 Å². The zero-order chi connectivity index (χ0) is 19.2. The van der Waals surface area contributed by atoms with Crippen LogP contribution in [0.5, 0.6) is 5.75 Å². The summed E-state index contributed by atoms with van der Waals surface area (Å²) in [6.45, 7) is 1.86. The summed E-state index contributed by atoms with van der Waals surface area (Å²) in [5.74, 6) is 0.427. The normalized spacial score (nSPS) is 17.0. The Kier molecular flexibility index (Phi) is 6.79. The number of carbonyl (C=O) groups is 1. The van der Waals surface area contributed by atoms with Crippen LogP contribution in [-0.2, 0) is 0 Å². The number of carbonyl (C=O) groups excluding carboxylic acids is 1. The van der Waals surface area contributed by atoms with E-state index in [4.69, 9.17) is 0 Å². The van der Waals surface area contributed by atoms with Crippen molar-refractivity contribution in [2.45, 2.75) is 32.4 Å². The van der Waals surface area contributed by atoms with Gasteiger partial charge in [-0.05, 0) is 61.5 Å². The molecule has 1 amide bonds. The Morgan fingerprint density at radius 3 is 2.74 bits per heavy atom. The number of nitrogens with one attached hydrogen (secondary N) is 1. The number of nitrogens with zero attached hydrogens (tertiary/aromatic N) is 1. The molecule has 0 saturated carbocycles. The molecule has 27 heavy (non-hydrogen) atoms. The molecule has 1 fully saturated rings. The van der Waals surface area contributed by atoms with Gasteiger partial charge in [0.05, 0.1) is 6.04 Å². The van der Waals surface area contributed by atoms with Crippen LogP contribution in [0.3, 0.4) is 0 Å². The van der Waals surface area contributed by atoms with Gasteiger partial charge < -0.3 is 10.1 Å². The average Bonchev–Trinajstić information content (AvgIpc) is 3.17. The van der Waals surface area contributed by atoms with Crippen LogP contribution >= 0.6 is 11.3 Å². The zero-order valence-electron chi connectivity index (χ0n) is 15.2. The molecule has 1 aliphatic heterocycles. The molecule has 146 valence electrons. The van der Waals surface area contributed by atoms with Gasteiger partial charge in [-0.1, -0.05) is 19.1 Å². The van der Waals surface area contributed by atoms with Crippen LogP contribution in [0.4, 0.5) is 8.78 Å². The minimum absolute atomic E-state index is 0.0162. The lowest BCUT2D eigenvalue weighted by Gasteiger charge is -2.36. The summed E-state index contributed by atoms with van der Waals surface area (Å²) in [6.07, 6.45) is 2.31. The largest absolute Gasteiger partial charge is 0.435 e. The molecule has 1 atom stereocenters. The summed E-state index contributed by atoms with van der Waals surface area (Å²) in [7, 11) is 0. The van der Waals surface area contributed by atoms with E-state index in [9.17, 15) is 13.6 Å². The van der Waals surface area contributed by atoms with Gasteiger partial charge in [-0.15, -0.1) is 11.3 Å². The van der Waals surface area contributed by atoms with Crippen molar-refractivity contribution in [2.75, 3.05) is 19.6 Å². The van der Waals surface area contributed by atoms with Gasteiger partial charge in [0.15, 0.2) is 0 Å². The van der Waals surface area contributed by atoms with Crippen molar-refractivity contribution >= 4 is 17.2 Å². The maximum atomic E-state index is 12.5. The monoisotopic (exact) mass is 394 g/mol. The molecule has 0 unspecified atom stereocenters. The summed E-state index contributed by atoms with van der Waals surface area (Å²) in [5.41, 5.74) is 0.311. The maximum Gasteiger partial charge on any atom is 0.387 e. The fourth-order valence-electron chi connectivity index (χ4n) is 3.34. The zero-order valence-corrected chi connectivity index (χ0v) is 16.1. The van der Waals surface area contributed by atoms with Gasteiger partial charge in [-0.3, -0.25) is 9.69 Å². The van der Waals surface area contributed by atoms with Crippen LogP contribution in [0.25, 0.3) is 0 Å². The highest BCUT2D eigenvalue weighted by molar-refractivity contribution is 7.10. The summed E-state index contributed by atoms with van der Waals surface area (Å²) < 4.78 is 29.1. The third-order valence-electron chi connectivity index (χ3n) is 4.91. The van der Waals surface area contributed by atoms with Crippen LogP contribution in [0.2, 0.25) is 0 Å². The summed E-state index contributed by atoms with van der Waals surface area (Å²) in [4.78, 5) is 16.2. The average molecular weight is 394 g/mol. The number of rotatable bonds is 7. The van der Waals surface area contributed by atoms with Crippen molar-refractivity contribution in [1.82, 2.24) is 10.2 Å². The van der Waals surface area contributed by atoms with Crippen molar-refractivity contribution < 1.29 is 18.3 Å². The molecule has 1 N–H and O–H groups in total. The van der Waals surface area contributed by atoms with Gasteiger partial charge in [0.2, 0.25) is 0 Å². The third-order valence-corrected chi connectivity index (χ3v) is 5.88. The summed E-state index contributed by atoms with van der Waals surface area (Å²) >= 11 is 1.69.